The Bertz CT molecular complexity index is 185. The Hall–Kier alpha value is -0.120. The zero-order valence-electron chi connectivity index (χ0n) is 7.88. The van der Waals surface area contributed by atoms with Gasteiger partial charge in [0.15, 0.2) is 0 Å². The van der Waals surface area contributed by atoms with E-state index in [4.69, 9.17) is 0 Å². The maximum atomic E-state index is 9.92. The molecule has 2 aliphatic rings. The molecule has 2 N–H and O–H groups in total. The third-order valence-corrected chi connectivity index (χ3v) is 3.56. The Labute approximate surface area is 73.8 Å². The number of hydrogen-bond donors (Lipinski definition) is 2. The van der Waals surface area contributed by atoms with E-state index in [9.17, 15) is 5.11 Å². The zero-order valence-corrected chi connectivity index (χ0v) is 7.88. The van der Waals surface area contributed by atoms with Crippen LogP contribution in [0.25, 0.3) is 0 Å². The zero-order chi connectivity index (χ0) is 8.77. The van der Waals surface area contributed by atoms with E-state index in [0.29, 0.717) is 6.04 Å². The summed E-state index contributed by atoms with van der Waals surface area (Å²) in [5.74, 6) is 0. The van der Waals surface area contributed by atoms with Crippen molar-refractivity contribution in [3.63, 3.8) is 0 Å². The first-order valence-corrected chi connectivity index (χ1v) is 4.82. The Morgan fingerprint density at radius 3 is 2.92 bits per heavy atom. The van der Waals surface area contributed by atoms with Gasteiger partial charge in [0, 0.05) is 19.1 Å². The molecule has 2 heterocycles. The van der Waals surface area contributed by atoms with Crippen LogP contribution in [0, 0.1) is 0 Å². The summed E-state index contributed by atoms with van der Waals surface area (Å²) < 4.78 is 0. The predicted octanol–water partition coefficient (Wildman–Crippen LogP) is -0.197. The molecule has 3 unspecified atom stereocenters. The van der Waals surface area contributed by atoms with Gasteiger partial charge in [0.1, 0.15) is 0 Å². The summed E-state index contributed by atoms with van der Waals surface area (Å²) in [4.78, 5) is 2.32. The third-order valence-electron chi connectivity index (χ3n) is 3.56. The molecule has 0 aromatic carbocycles. The average molecular weight is 170 g/mol. The largest absolute Gasteiger partial charge is 0.391 e. The minimum atomic E-state index is -0.164. The van der Waals surface area contributed by atoms with Crippen molar-refractivity contribution in [1.82, 2.24) is 10.2 Å². The van der Waals surface area contributed by atoms with E-state index in [2.05, 4.69) is 24.2 Å². The molecule has 3 heteroatoms. The van der Waals surface area contributed by atoms with E-state index in [1.54, 1.807) is 0 Å². The SMILES string of the molecule is CCC(O)C12CNC(CN1C)C2. The van der Waals surface area contributed by atoms with Crippen LogP contribution < -0.4 is 5.32 Å². The highest BCUT2D eigenvalue weighted by Gasteiger charge is 2.52. The van der Waals surface area contributed by atoms with Crippen LogP contribution >= 0.6 is 0 Å². The van der Waals surface area contributed by atoms with Gasteiger partial charge in [-0.1, -0.05) is 6.92 Å². The number of likely N-dealkylation sites (N-methyl/N-ethyl adjacent to an activating group) is 1. The molecule has 0 aromatic rings. The fourth-order valence-electron chi connectivity index (χ4n) is 2.71. The molecule has 0 spiro atoms. The molecule has 0 aliphatic carbocycles. The fourth-order valence-corrected chi connectivity index (χ4v) is 2.71. The number of aliphatic hydroxyl groups excluding tert-OH is 1. The Morgan fingerprint density at radius 1 is 1.75 bits per heavy atom. The highest BCUT2D eigenvalue weighted by atomic mass is 16.3. The summed E-state index contributed by atoms with van der Waals surface area (Å²) in [5.41, 5.74) is 0.0550. The quantitative estimate of drug-likeness (QED) is 0.602. The number of likely N-dealkylation sites (tertiary alicyclic amines) is 1. The minimum absolute atomic E-state index is 0.0550. The summed E-state index contributed by atoms with van der Waals surface area (Å²) in [5, 5.41) is 13.4. The van der Waals surface area contributed by atoms with Gasteiger partial charge < -0.3 is 10.4 Å². The average Bonchev–Trinajstić information content (AvgIpc) is 2.60. The van der Waals surface area contributed by atoms with Crippen LogP contribution in [-0.2, 0) is 0 Å². The fraction of sp³-hybridized carbons (Fsp3) is 1.00. The third kappa shape index (κ3) is 0.934. The first-order valence-electron chi connectivity index (χ1n) is 4.82. The normalized spacial score (nSPS) is 43.8. The van der Waals surface area contributed by atoms with Crippen LogP contribution in [0.1, 0.15) is 19.8 Å². The van der Waals surface area contributed by atoms with Crippen molar-refractivity contribution in [2.24, 2.45) is 0 Å². The van der Waals surface area contributed by atoms with E-state index in [0.717, 1.165) is 25.9 Å². The standard InChI is InChI=1S/C9H18N2O/c1-3-8(12)9-4-7(10-6-9)5-11(9)2/h7-8,10,12H,3-6H2,1-2H3. The Balaban J connectivity index is 2.18. The first-order chi connectivity index (χ1) is 5.69. The van der Waals surface area contributed by atoms with Gasteiger partial charge in [-0.2, -0.15) is 0 Å². The van der Waals surface area contributed by atoms with Crippen molar-refractivity contribution in [3.8, 4) is 0 Å². The summed E-state index contributed by atoms with van der Waals surface area (Å²) in [6.07, 6.45) is 1.82. The monoisotopic (exact) mass is 170 g/mol. The lowest BCUT2D eigenvalue weighted by molar-refractivity contribution is 0.00579. The van der Waals surface area contributed by atoms with E-state index < -0.39 is 0 Å². The van der Waals surface area contributed by atoms with Gasteiger partial charge in [-0.25, -0.2) is 0 Å². The van der Waals surface area contributed by atoms with E-state index in [1.165, 1.54) is 0 Å². The molecule has 0 saturated carbocycles. The van der Waals surface area contributed by atoms with Crippen molar-refractivity contribution in [3.05, 3.63) is 0 Å². The molecule has 2 rings (SSSR count). The van der Waals surface area contributed by atoms with Crippen molar-refractivity contribution in [1.29, 1.82) is 0 Å². The smallest absolute Gasteiger partial charge is 0.0734 e. The molecule has 70 valence electrons. The van der Waals surface area contributed by atoms with Crippen molar-refractivity contribution in [2.75, 3.05) is 20.1 Å². The molecule has 2 bridgehead atoms. The van der Waals surface area contributed by atoms with E-state index in [-0.39, 0.29) is 11.6 Å². The highest BCUT2D eigenvalue weighted by Crippen LogP contribution is 2.36. The number of nitrogens with zero attached hydrogens (tertiary/aromatic N) is 1. The topological polar surface area (TPSA) is 35.5 Å². The molecular formula is C9H18N2O. The second kappa shape index (κ2) is 2.69. The Kier molecular flexibility index (Phi) is 1.90. The first kappa shape index (κ1) is 8.48. The van der Waals surface area contributed by atoms with Crippen LogP contribution in [0.5, 0.6) is 0 Å². The molecule has 2 aliphatic heterocycles. The summed E-state index contributed by atoms with van der Waals surface area (Å²) in [7, 11) is 2.12. The number of hydrogen-bond acceptors (Lipinski definition) is 3. The predicted molar refractivity (Wildman–Crippen MR) is 48.1 cm³/mol. The van der Waals surface area contributed by atoms with Gasteiger partial charge in [-0.05, 0) is 19.9 Å². The molecule has 3 atom stereocenters. The van der Waals surface area contributed by atoms with E-state index in [1.807, 2.05) is 0 Å². The van der Waals surface area contributed by atoms with Crippen molar-refractivity contribution >= 4 is 0 Å². The van der Waals surface area contributed by atoms with E-state index >= 15 is 0 Å². The number of rotatable bonds is 2. The van der Waals surface area contributed by atoms with Crippen LogP contribution in [0.3, 0.4) is 0 Å². The molecular weight excluding hydrogens is 152 g/mol. The lowest BCUT2D eigenvalue weighted by Gasteiger charge is -2.39. The van der Waals surface area contributed by atoms with Gasteiger partial charge in [0.2, 0.25) is 0 Å². The maximum absolute atomic E-state index is 9.92. The number of nitrogens with one attached hydrogen (secondary N) is 1. The second-order valence-electron chi connectivity index (χ2n) is 4.19. The molecule has 2 saturated heterocycles. The highest BCUT2D eigenvalue weighted by molar-refractivity contribution is 5.11. The maximum Gasteiger partial charge on any atom is 0.0734 e. The summed E-state index contributed by atoms with van der Waals surface area (Å²) >= 11 is 0. The molecule has 3 nitrogen and oxygen atoms in total. The molecule has 0 amide bonds. The van der Waals surface area contributed by atoms with Gasteiger partial charge in [-0.3, -0.25) is 4.90 Å². The van der Waals surface area contributed by atoms with Gasteiger partial charge in [-0.15, -0.1) is 0 Å². The molecule has 0 aromatic heterocycles. The van der Waals surface area contributed by atoms with Crippen molar-refractivity contribution < 1.29 is 5.11 Å². The second-order valence-corrected chi connectivity index (χ2v) is 4.19. The lowest BCUT2D eigenvalue weighted by atomic mass is 9.90. The van der Waals surface area contributed by atoms with Crippen LogP contribution in [-0.4, -0.2) is 47.8 Å². The number of fused-ring (bicyclic) bond motifs is 2. The van der Waals surface area contributed by atoms with Crippen LogP contribution in [0.2, 0.25) is 0 Å². The van der Waals surface area contributed by atoms with Crippen molar-refractivity contribution in [2.45, 2.75) is 37.5 Å². The van der Waals surface area contributed by atoms with Crippen LogP contribution in [0.15, 0.2) is 0 Å². The number of piperazine rings is 1. The minimum Gasteiger partial charge on any atom is -0.391 e. The lowest BCUT2D eigenvalue weighted by Crippen LogP contribution is -2.57. The summed E-state index contributed by atoms with van der Waals surface area (Å²) in [6.45, 7) is 4.11. The van der Waals surface area contributed by atoms with Gasteiger partial charge in [0.25, 0.3) is 0 Å². The van der Waals surface area contributed by atoms with Gasteiger partial charge in [0.05, 0.1) is 11.6 Å². The molecule has 2 fully saturated rings. The Morgan fingerprint density at radius 2 is 2.50 bits per heavy atom. The van der Waals surface area contributed by atoms with Crippen LogP contribution in [0.4, 0.5) is 0 Å². The molecule has 0 radical (unpaired) electrons. The van der Waals surface area contributed by atoms with Gasteiger partial charge >= 0.3 is 0 Å². The summed E-state index contributed by atoms with van der Waals surface area (Å²) in [6, 6.07) is 0.621. The molecule has 12 heavy (non-hydrogen) atoms. The number of aliphatic hydroxyl groups is 1.